The van der Waals surface area contributed by atoms with Crippen LogP contribution >= 0.6 is 0 Å². The summed E-state index contributed by atoms with van der Waals surface area (Å²) in [5.74, 6) is 0.431. The zero-order chi connectivity index (χ0) is 15.6. The van der Waals surface area contributed by atoms with Gasteiger partial charge in [-0.15, -0.1) is 0 Å². The van der Waals surface area contributed by atoms with Gasteiger partial charge in [0.15, 0.2) is 10.8 Å². The molecule has 0 bridgehead atoms. The fraction of sp³-hybridized carbons (Fsp3) is 0.625. The van der Waals surface area contributed by atoms with Crippen LogP contribution in [0.2, 0.25) is 0 Å². The molecule has 0 saturated heterocycles. The van der Waals surface area contributed by atoms with Crippen molar-refractivity contribution in [1.29, 1.82) is 5.41 Å². The molecule has 1 aromatic heterocycles. The number of rotatable bonds is 4. The molecule has 2 rings (SSSR count). The lowest BCUT2D eigenvalue weighted by Crippen LogP contribution is -2.50. The second kappa shape index (κ2) is 6.33. The van der Waals surface area contributed by atoms with Crippen molar-refractivity contribution >= 4 is 12.0 Å². The predicted octanol–water partition coefficient (Wildman–Crippen LogP) is 0.930. The molecule has 116 valence electrons. The van der Waals surface area contributed by atoms with Crippen molar-refractivity contribution < 1.29 is 5.11 Å². The first kappa shape index (κ1) is 15.6. The van der Waals surface area contributed by atoms with E-state index in [1.807, 2.05) is 4.57 Å². The second-order valence-corrected chi connectivity index (χ2v) is 6.32. The third-order valence-corrected chi connectivity index (χ3v) is 3.64. The Morgan fingerprint density at radius 1 is 1.43 bits per heavy atom. The highest BCUT2D eigenvalue weighted by Crippen LogP contribution is 2.04. The largest absolute Gasteiger partial charge is 0.493 e. The molecule has 5 nitrogen and oxygen atoms in total. The van der Waals surface area contributed by atoms with Gasteiger partial charge in [0.25, 0.3) is 0 Å². The van der Waals surface area contributed by atoms with Gasteiger partial charge in [-0.2, -0.15) is 0 Å². The Morgan fingerprint density at radius 3 is 2.76 bits per heavy atom. The molecule has 1 aromatic rings. The Morgan fingerprint density at radius 2 is 2.14 bits per heavy atom. The average molecular weight is 290 g/mol. The van der Waals surface area contributed by atoms with Crippen molar-refractivity contribution in [3.05, 3.63) is 21.9 Å². The van der Waals surface area contributed by atoms with Gasteiger partial charge < -0.3 is 15.0 Å². The Bertz CT molecular complexity index is 685. The summed E-state index contributed by atoms with van der Waals surface area (Å²) in [6.45, 7) is 8.93. The summed E-state index contributed by atoms with van der Waals surface area (Å²) >= 11 is 0. The zero-order valence-electron chi connectivity index (χ0n) is 13.4. The minimum absolute atomic E-state index is 0.0106. The third kappa shape index (κ3) is 3.28. The maximum atomic E-state index is 10.3. The molecular formula is C16H26N4O. The summed E-state index contributed by atoms with van der Waals surface area (Å²) in [6, 6.07) is 0.167. The topological polar surface area (TPSA) is 73.9 Å². The standard InChI is InChI=1S/C16H26N4O/c1-10(2)9-18-16(21)14-15(17)20(11(3)4)13-8-6-5-7-12(13)19-14/h8,10-11,17-18,21H,5-7,9H2,1-4H3/b16-14+,17-15?. The van der Waals surface area contributed by atoms with E-state index in [1.165, 1.54) is 0 Å². The van der Waals surface area contributed by atoms with Crippen molar-refractivity contribution in [2.45, 2.75) is 53.0 Å². The number of aromatic nitrogens is 2. The number of nitrogens with one attached hydrogen (secondary N) is 2. The molecule has 5 heteroatoms. The highest BCUT2D eigenvalue weighted by Gasteiger charge is 2.13. The van der Waals surface area contributed by atoms with E-state index < -0.39 is 0 Å². The number of aliphatic hydroxyl groups excluding tert-OH is 1. The van der Waals surface area contributed by atoms with Crippen molar-refractivity contribution in [3.63, 3.8) is 0 Å². The van der Waals surface area contributed by atoms with Crippen molar-refractivity contribution in [3.8, 4) is 0 Å². The van der Waals surface area contributed by atoms with Gasteiger partial charge in [0, 0.05) is 12.6 Å². The first-order valence-corrected chi connectivity index (χ1v) is 7.75. The van der Waals surface area contributed by atoms with E-state index in [9.17, 15) is 5.11 Å². The Hall–Kier alpha value is -1.78. The van der Waals surface area contributed by atoms with Crippen molar-refractivity contribution in [2.24, 2.45) is 5.92 Å². The molecule has 1 heterocycles. The van der Waals surface area contributed by atoms with Crippen LogP contribution in [0, 0.1) is 11.3 Å². The normalized spacial score (nSPS) is 15.7. The summed E-state index contributed by atoms with van der Waals surface area (Å²) in [7, 11) is 0. The second-order valence-electron chi connectivity index (χ2n) is 6.32. The van der Waals surface area contributed by atoms with Crippen LogP contribution < -0.4 is 21.5 Å². The fourth-order valence-corrected chi connectivity index (χ4v) is 2.61. The van der Waals surface area contributed by atoms with Crippen molar-refractivity contribution in [2.75, 3.05) is 6.54 Å². The lowest BCUT2D eigenvalue weighted by atomic mass is 10.1. The van der Waals surface area contributed by atoms with Gasteiger partial charge >= 0.3 is 0 Å². The maximum absolute atomic E-state index is 10.3. The van der Waals surface area contributed by atoms with Crippen LogP contribution in [0.1, 0.15) is 52.3 Å². The summed E-state index contributed by atoms with van der Waals surface area (Å²) in [5.41, 5.74) is 1.26. The van der Waals surface area contributed by atoms with E-state index in [-0.39, 0.29) is 17.4 Å². The third-order valence-electron chi connectivity index (χ3n) is 3.64. The first-order chi connectivity index (χ1) is 9.91. The van der Waals surface area contributed by atoms with Crippen LogP contribution in [0.15, 0.2) is 0 Å². The molecule has 0 radical (unpaired) electrons. The quantitative estimate of drug-likeness (QED) is 0.772. The van der Waals surface area contributed by atoms with Gasteiger partial charge in [0.2, 0.25) is 5.88 Å². The van der Waals surface area contributed by atoms with Gasteiger partial charge in [0.05, 0.1) is 11.0 Å². The van der Waals surface area contributed by atoms with Gasteiger partial charge in [-0.25, -0.2) is 4.98 Å². The molecule has 1 aliphatic rings. The molecule has 0 aromatic carbocycles. The smallest absolute Gasteiger partial charge is 0.214 e. The van der Waals surface area contributed by atoms with E-state index in [1.54, 1.807) is 0 Å². The number of aliphatic hydroxyl groups is 1. The minimum atomic E-state index is 0.0106. The van der Waals surface area contributed by atoms with Gasteiger partial charge in [0.1, 0.15) is 0 Å². The molecule has 0 spiro atoms. The van der Waals surface area contributed by atoms with E-state index in [4.69, 9.17) is 5.41 Å². The summed E-state index contributed by atoms with van der Waals surface area (Å²) in [5, 5.41) is 23.0. The fourth-order valence-electron chi connectivity index (χ4n) is 2.61. The molecular weight excluding hydrogens is 264 g/mol. The zero-order valence-corrected chi connectivity index (χ0v) is 13.4. The number of hydrogen-bond acceptors (Lipinski definition) is 4. The number of nitrogens with zero attached hydrogens (tertiary/aromatic N) is 2. The van der Waals surface area contributed by atoms with Gasteiger partial charge in [-0.05, 0) is 39.0 Å². The predicted molar refractivity (Wildman–Crippen MR) is 84.0 cm³/mol. The molecule has 0 unspecified atom stereocenters. The highest BCUT2D eigenvalue weighted by atomic mass is 16.3. The molecule has 0 amide bonds. The average Bonchev–Trinajstić information content (AvgIpc) is 2.43. The summed E-state index contributed by atoms with van der Waals surface area (Å²) in [6.07, 6.45) is 5.17. The number of hydrogen-bond donors (Lipinski definition) is 3. The Labute approximate surface area is 125 Å². The van der Waals surface area contributed by atoms with Crippen LogP contribution in [0.4, 0.5) is 0 Å². The lowest BCUT2D eigenvalue weighted by molar-refractivity contribution is 0.434. The molecule has 21 heavy (non-hydrogen) atoms. The van der Waals surface area contributed by atoms with Crippen LogP contribution in [0.3, 0.4) is 0 Å². The molecule has 0 aliphatic heterocycles. The van der Waals surface area contributed by atoms with E-state index in [2.05, 4.69) is 44.1 Å². The molecule has 0 fully saturated rings. The molecule has 0 atom stereocenters. The Kier molecular flexibility index (Phi) is 4.70. The highest BCUT2D eigenvalue weighted by molar-refractivity contribution is 5.31. The van der Waals surface area contributed by atoms with Gasteiger partial charge in [-0.3, -0.25) is 5.41 Å². The summed E-state index contributed by atoms with van der Waals surface area (Å²) in [4.78, 5) is 4.54. The van der Waals surface area contributed by atoms with Gasteiger partial charge in [-0.1, -0.05) is 19.9 Å². The Balaban J connectivity index is 2.67. The minimum Gasteiger partial charge on any atom is -0.493 e. The van der Waals surface area contributed by atoms with E-state index in [0.29, 0.717) is 17.8 Å². The SMILES string of the molecule is CC(C)CN/C(O)=c1\nc2c(n(C(C)C)c1=N)=CCCC2. The maximum Gasteiger partial charge on any atom is 0.214 e. The van der Waals surface area contributed by atoms with E-state index in [0.717, 1.165) is 30.3 Å². The van der Waals surface area contributed by atoms with Crippen LogP contribution in [-0.2, 0) is 6.42 Å². The lowest BCUT2D eigenvalue weighted by Gasteiger charge is -2.18. The number of aryl methyl sites for hydroxylation is 1. The monoisotopic (exact) mass is 290 g/mol. The van der Waals surface area contributed by atoms with Crippen LogP contribution in [-0.4, -0.2) is 21.2 Å². The van der Waals surface area contributed by atoms with E-state index >= 15 is 0 Å². The molecule has 0 saturated carbocycles. The van der Waals surface area contributed by atoms with Crippen LogP contribution in [0.5, 0.6) is 0 Å². The number of fused-ring (bicyclic) bond motifs is 1. The van der Waals surface area contributed by atoms with Crippen LogP contribution in [0.25, 0.3) is 12.0 Å². The summed E-state index contributed by atoms with van der Waals surface area (Å²) < 4.78 is 1.96. The molecule has 1 aliphatic carbocycles. The first-order valence-electron chi connectivity index (χ1n) is 7.75. The molecule has 3 N–H and O–H groups in total. The van der Waals surface area contributed by atoms with Crippen molar-refractivity contribution in [1.82, 2.24) is 14.9 Å².